The Bertz CT molecular complexity index is 355. The van der Waals surface area contributed by atoms with Crippen molar-refractivity contribution in [2.75, 3.05) is 18.4 Å². The van der Waals surface area contributed by atoms with Crippen LogP contribution in [0.2, 0.25) is 10.0 Å². The maximum Gasteiger partial charge on any atom is 0.216 e. The van der Waals surface area contributed by atoms with E-state index < -0.39 is 0 Å². The minimum Gasteiger partial charge on any atom is -0.383 e. The molecular formula is C10H12Cl2N2O. The molecule has 0 fully saturated rings. The molecule has 0 bridgehead atoms. The van der Waals surface area contributed by atoms with Crippen LogP contribution in [0, 0.1) is 0 Å². The van der Waals surface area contributed by atoms with Gasteiger partial charge in [0.05, 0.1) is 10.0 Å². The molecule has 0 atom stereocenters. The van der Waals surface area contributed by atoms with Crippen molar-refractivity contribution in [2.24, 2.45) is 0 Å². The van der Waals surface area contributed by atoms with Crippen molar-refractivity contribution in [3.63, 3.8) is 0 Å². The minimum atomic E-state index is -0.0362. The molecule has 0 heterocycles. The Kier molecular flexibility index (Phi) is 4.72. The fraction of sp³-hybridized carbons (Fsp3) is 0.300. The summed E-state index contributed by atoms with van der Waals surface area (Å²) in [5.74, 6) is -0.0362. The molecule has 0 saturated carbocycles. The average Bonchev–Trinajstić information content (AvgIpc) is 2.18. The van der Waals surface area contributed by atoms with E-state index in [1.54, 1.807) is 12.1 Å². The zero-order valence-electron chi connectivity index (χ0n) is 8.31. The first-order chi connectivity index (χ1) is 7.09. The lowest BCUT2D eigenvalue weighted by Gasteiger charge is -2.07. The van der Waals surface area contributed by atoms with E-state index in [0.29, 0.717) is 23.1 Å². The Labute approximate surface area is 98.8 Å². The van der Waals surface area contributed by atoms with Gasteiger partial charge in [0.15, 0.2) is 0 Å². The quantitative estimate of drug-likeness (QED) is 0.803. The molecule has 0 aromatic heterocycles. The Hall–Kier alpha value is -0.930. The van der Waals surface area contributed by atoms with Crippen molar-refractivity contribution in [2.45, 2.75) is 6.92 Å². The van der Waals surface area contributed by atoms with E-state index in [4.69, 9.17) is 23.2 Å². The van der Waals surface area contributed by atoms with Gasteiger partial charge in [-0.05, 0) is 18.2 Å². The summed E-state index contributed by atoms with van der Waals surface area (Å²) in [6.45, 7) is 2.71. The number of hydrogen-bond donors (Lipinski definition) is 2. The van der Waals surface area contributed by atoms with E-state index in [0.717, 1.165) is 5.69 Å². The second-order valence-electron chi connectivity index (χ2n) is 3.04. The molecule has 0 spiro atoms. The highest BCUT2D eigenvalue weighted by Crippen LogP contribution is 2.24. The summed E-state index contributed by atoms with van der Waals surface area (Å²) < 4.78 is 0. The van der Waals surface area contributed by atoms with Gasteiger partial charge in [-0.15, -0.1) is 0 Å². The Morgan fingerprint density at radius 2 is 2.00 bits per heavy atom. The second-order valence-corrected chi connectivity index (χ2v) is 3.85. The SMILES string of the molecule is CC(=O)NCCNc1ccc(Cl)c(Cl)c1. The zero-order valence-corrected chi connectivity index (χ0v) is 9.82. The third-order valence-corrected chi connectivity index (χ3v) is 2.49. The molecule has 0 aliphatic heterocycles. The molecule has 1 amide bonds. The minimum absolute atomic E-state index is 0.0362. The summed E-state index contributed by atoms with van der Waals surface area (Å²) in [4.78, 5) is 10.6. The lowest BCUT2D eigenvalue weighted by molar-refractivity contribution is -0.118. The van der Waals surface area contributed by atoms with Gasteiger partial charge in [-0.2, -0.15) is 0 Å². The molecule has 2 N–H and O–H groups in total. The van der Waals surface area contributed by atoms with Crippen molar-refractivity contribution in [3.05, 3.63) is 28.2 Å². The number of benzene rings is 1. The monoisotopic (exact) mass is 246 g/mol. The van der Waals surface area contributed by atoms with E-state index in [1.165, 1.54) is 6.92 Å². The first-order valence-corrected chi connectivity index (χ1v) is 5.28. The second kappa shape index (κ2) is 5.83. The standard InChI is InChI=1S/C10H12Cl2N2O/c1-7(15)13-4-5-14-8-2-3-9(11)10(12)6-8/h2-3,6,14H,4-5H2,1H3,(H,13,15). The molecule has 0 saturated heterocycles. The van der Waals surface area contributed by atoms with Gasteiger partial charge in [0, 0.05) is 25.7 Å². The normalized spacial score (nSPS) is 9.80. The van der Waals surface area contributed by atoms with E-state index in [1.807, 2.05) is 6.07 Å². The molecule has 0 unspecified atom stereocenters. The maximum absolute atomic E-state index is 10.6. The number of anilines is 1. The van der Waals surface area contributed by atoms with Crippen molar-refractivity contribution in [1.29, 1.82) is 0 Å². The summed E-state index contributed by atoms with van der Waals surface area (Å²) in [5.41, 5.74) is 0.884. The van der Waals surface area contributed by atoms with Gasteiger partial charge in [-0.25, -0.2) is 0 Å². The van der Waals surface area contributed by atoms with Crippen LogP contribution < -0.4 is 10.6 Å². The van der Waals surface area contributed by atoms with Gasteiger partial charge in [0.1, 0.15) is 0 Å². The smallest absolute Gasteiger partial charge is 0.216 e. The Balaban J connectivity index is 2.38. The molecule has 82 valence electrons. The first-order valence-electron chi connectivity index (χ1n) is 4.53. The van der Waals surface area contributed by atoms with Crippen LogP contribution in [-0.2, 0) is 4.79 Å². The predicted octanol–water partition coefficient (Wildman–Crippen LogP) is 2.54. The number of amides is 1. The molecule has 0 aliphatic rings. The summed E-state index contributed by atoms with van der Waals surface area (Å²) in [6.07, 6.45) is 0. The molecule has 15 heavy (non-hydrogen) atoms. The van der Waals surface area contributed by atoms with Crippen LogP contribution in [0.1, 0.15) is 6.92 Å². The third-order valence-electron chi connectivity index (χ3n) is 1.75. The van der Waals surface area contributed by atoms with Crippen LogP contribution in [-0.4, -0.2) is 19.0 Å². The first kappa shape index (κ1) is 12.1. The largest absolute Gasteiger partial charge is 0.383 e. The average molecular weight is 247 g/mol. The molecule has 0 aliphatic carbocycles. The molecule has 1 rings (SSSR count). The van der Waals surface area contributed by atoms with Crippen LogP contribution in [0.25, 0.3) is 0 Å². The van der Waals surface area contributed by atoms with Gasteiger partial charge < -0.3 is 10.6 Å². The van der Waals surface area contributed by atoms with Gasteiger partial charge in [-0.1, -0.05) is 23.2 Å². The highest BCUT2D eigenvalue weighted by Gasteiger charge is 1.98. The van der Waals surface area contributed by atoms with Gasteiger partial charge in [-0.3, -0.25) is 4.79 Å². The van der Waals surface area contributed by atoms with Crippen molar-refractivity contribution >= 4 is 34.8 Å². The maximum atomic E-state index is 10.6. The molecule has 0 radical (unpaired) electrons. The Morgan fingerprint density at radius 1 is 1.27 bits per heavy atom. The highest BCUT2D eigenvalue weighted by atomic mass is 35.5. The predicted molar refractivity (Wildman–Crippen MR) is 63.6 cm³/mol. The number of nitrogens with one attached hydrogen (secondary N) is 2. The number of rotatable bonds is 4. The number of halogens is 2. The Morgan fingerprint density at radius 3 is 2.60 bits per heavy atom. The van der Waals surface area contributed by atoms with Crippen molar-refractivity contribution in [3.8, 4) is 0 Å². The van der Waals surface area contributed by atoms with Crippen LogP contribution in [0.15, 0.2) is 18.2 Å². The van der Waals surface area contributed by atoms with Crippen LogP contribution in [0.3, 0.4) is 0 Å². The number of carbonyl (C=O) groups excluding carboxylic acids is 1. The lowest BCUT2D eigenvalue weighted by atomic mass is 10.3. The number of carbonyl (C=O) groups is 1. The highest BCUT2D eigenvalue weighted by molar-refractivity contribution is 6.42. The van der Waals surface area contributed by atoms with E-state index in [9.17, 15) is 4.79 Å². The fourth-order valence-electron chi connectivity index (χ4n) is 1.05. The van der Waals surface area contributed by atoms with E-state index in [-0.39, 0.29) is 5.91 Å². The number of hydrogen-bond acceptors (Lipinski definition) is 2. The third kappa shape index (κ3) is 4.40. The summed E-state index contributed by atoms with van der Waals surface area (Å²) >= 11 is 11.6. The molecule has 1 aromatic carbocycles. The van der Waals surface area contributed by atoms with E-state index >= 15 is 0 Å². The zero-order chi connectivity index (χ0) is 11.3. The van der Waals surface area contributed by atoms with Crippen LogP contribution >= 0.6 is 23.2 Å². The van der Waals surface area contributed by atoms with Gasteiger partial charge >= 0.3 is 0 Å². The summed E-state index contributed by atoms with van der Waals surface area (Å²) in [7, 11) is 0. The van der Waals surface area contributed by atoms with E-state index in [2.05, 4.69) is 10.6 Å². The van der Waals surface area contributed by atoms with Crippen molar-refractivity contribution < 1.29 is 4.79 Å². The molecule has 1 aromatic rings. The molecular weight excluding hydrogens is 235 g/mol. The fourth-order valence-corrected chi connectivity index (χ4v) is 1.35. The summed E-state index contributed by atoms with van der Waals surface area (Å²) in [5, 5.41) is 6.84. The lowest BCUT2D eigenvalue weighted by Crippen LogP contribution is -2.26. The van der Waals surface area contributed by atoms with Gasteiger partial charge in [0.2, 0.25) is 5.91 Å². The molecule has 3 nitrogen and oxygen atoms in total. The summed E-state index contributed by atoms with van der Waals surface area (Å²) in [6, 6.07) is 5.31. The van der Waals surface area contributed by atoms with Crippen LogP contribution in [0.4, 0.5) is 5.69 Å². The molecule has 5 heteroatoms. The van der Waals surface area contributed by atoms with Gasteiger partial charge in [0.25, 0.3) is 0 Å². The van der Waals surface area contributed by atoms with Crippen molar-refractivity contribution in [1.82, 2.24) is 5.32 Å². The topological polar surface area (TPSA) is 41.1 Å². The van der Waals surface area contributed by atoms with Crippen LogP contribution in [0.5, 0.6) is 0 Å².